The molecule has 2 unspecified atom stereocenters. The van der Waals surface area contributed by atoms with Gasteiger partial charge in [-0.1, -0.05) is 0 Å². The number of halogens is 1. The maximum Gasteiger partial charge on any atom is 0.166 e. The minimum absolute atomic E-state index is 0.160. The first-order chi connectivity index (χ1) is 9.93. The molecule has 1 aromatic carbocycles. The van der Waals surface area contributed by atoms with Crippen molar-refractivity contribution in [3.8, 4) is 6.07 Å². The fraction of sp³-hybridized carbons (Fsp3) is 0.467. The molecule has 1 aromatic rings. The van der Waals surface area contributed by atoms with Gasteiger partial charge in [-0.3, -0.25) is 4.79 Å². The van der Waals surface area contributed by atoms with Crippen LogP contribution >= 0.6 is 0 Å². The van der Waals surface area contributed by atoms with Gasteiger partial charge in [-0.05, 0) is 43.9 Å². The molecule has 110 valence electrons. The highest BCUT2D eigenvalue weighted by Gasteiger charge is 2.48. The molecule has 0 aliphatic carbocycles. The van der Waals surface area contributed by atoms with Crippen LogP contribution in [0.1, 0.15) is 41.6 Å². The third-order valence-corrected chi connectivity index (χ3v) is 7.29. The molecule has 0 amide bonds. The lowest BCUT2D eigenvalue weighted by atomic mass is 9.90. The van der Waals surface area contributed by atoms with Crippen LogP contribution in [0, 0.1) is 23.1 Å². The minimum atomic E-state index is -3.06. The van der Waals surface area contributed by atoms with Gasteiger partial charge >= 0.3 is 0 Å². The molecule has 0 saturated carbocycles. The highest BCUT2D eigenvalue weighted by molar-refractivity contribution is 7.93. The lowest BCUT2D eigenvalue weighted by Crippen LogP contribution is -2.36. The molecule has 2 aliphatic rings. The normalized spacial score (nSPS) is 29.8. The fourth-order valence-corrected chi connectivity index (χ4v) is 5.90. The Balaban J connectivity index is 1.86. The summed E-state index contributed by atoms with van der Waals surface area (Å²) in [5.41, 5.74) is 0.129. The van der Waals surface area contributed by atoms with Crippen LogP contribution in [0.2, 0.25) is 0 Å². The second-order valence-corrected chi connectivity index (χ2v) is 8.26. The minimum Gasteiger partial charge on any atom is -0.294 e. The lowest BCUT2D eigenvalue weighted by Gasteiger charge is -2.27. The topological polar surface area (TPSA) is 75.0 Å². The van der Waals surface area contributed by atoms with E-state index in [9.17, 15) is 17.6 Å². The van der Waals surface area contributed by atoms with Crippen LogP contribution in [0.4, 0.5) is 4.39 Å². The van der Waals surface area contributed by atoms with E-state index in [0.717, 1.165) is 6.07 Å². The van der Waals surface area contributed by atoms with Crippen LogP contribution in [0.3, 0.4) is 0 Å². The van der Waals surface area contributed by atoms with Crippen LogP contribution in [-0.4, -0.2) is 24.7 Å². The molecule has 0 radical (unpaired) electrons. The maximum atomic E-state index is 13.3. The Morgan fingerprint density at radius 3 is 2.43 bits per heavy atom. The highest BCUT2D eigenvalue weighted by atomic mass is 32.2. The third-order valence-electron chi connectivity index (χ3n) is 4.58. The van der Waals surface area contributed by atoms with Gasteiger partial charge in [0.05, 0.1) is 16.1 Å². The Kier molecular flexibility index (Phi) is 3.33. The summed E-state index contributed by atoms with van der Waals surface area (Å²) in [6, 6.07) is 5.44. The van der Waals surface area contributed by atoms with E-state index in [1.807, 2.05) is 0 Å². The van der Waals surface area contributed by atoms with Crippen LogP contribution in [0.25, 0.3) is 0 Å². The van der Waals surface area contributed by atoms with Gasteiger partial charge in [0.25, 0.3) is 0 Å². The van der Waals surface area contributed by atoms with Crippen molar-refractivity contribution in [3.63, 3.8) is 0 Å². The van der Waals surface area contributed by atoms with Crippen molar-refractivity contribution < 1.29 is 17.6 Å². The molecule has 2 bridgehead atoms. The van der Waals surface area contributed by atoms with Crippen LogP contribution < -0.4 is 0 Å². The summed E-state index contributed by atoms with van der Waals surface area (Å²) in [4.78, 5) is 12.5. The van der Waals surface area contributed by atoms with Crippen LogP contribution in [0.15, 0.2) is 18.2 Å². The summed E-state index contributed by atoms with van der Waals surface area (Å²) in [5, 5.41) is 7.99. The van der Waals surface area contributed by atoms with E-state index in [4.69, 9.17) is 5.26 Å². The number of ketones is 1. The Labute approximate surface area is 122 Å². The molecular weight excluding hydrogens is 293 g/mol. The highest BCUT2D eigenvalue weighted by Crippen LogP contribution is 2.42. The quantitative estimate of drug-likeness (QED) is 0.785. The zero-order valence-corrected chi connectivity index (χ0v) is 12.1. The molecule has 21 heavy (non-hydrogen) atoms. The van der Waals surface area contributed by atoms with Gasteiger partial charge in [0.15, 0.2) is 15.6 Å². The number of hydrogen-bond acceptors (Lipinski definition) is 4. The predicted molar refractivity (Wildman–Crippen MR) is 73.9 cm³/mol. The summed E-state index contributed by atoms with van der Waals surface area (Å²) < 4.78 is 37.3. The number of carbonyl (C=O) groups excluding carboxylic acids is 1. The Morgan fingerprint density at radius 2 is 1.86 bits per heavy atom. The van der Waals surface area contributed by atoms with Gasteiger partial charge in [0.2, 0.25) is 0 Å². The number of hydrogen-bond donors (Lipinski definition) is 0. The Hall–Kier alpha value is -1.74. The van der Waals surface area contributed by atoms with Gasteiger partial charge in [-0.2, -0.15) is 5.26 Å². The second-order valence-electron chi connectivity index (χ2n) is 5.75. The van der Waals surface area contributed by atoms with Crippen molar-refractivity contribution in [3.05, 3.63) is 35.1 Å². The largest absolute Gasteiger partial charge is 0.294 e. The Bertz CT molecular complexity index is 731. The van der Waals surface area contributed by atoms with Crippen LogP contribution in [0.5, 0.6) is 0 Å². The number of rotatable bonds is 2. The smallest absolute Gasteiger partial charge is 0.166 e. The molecule has 4 nitrogen and oxygen atoms in total. The van der Waals surface area contributed by atoms with E-state index in [-0.39, 0.29) is 22.8 Å². The van der Waals surface area contributed by atoms with Gasteiger partial charge in [0, 0.05) is 11.5 Å². The Morgan fingerprint density at radius 1 is 1.24 bits per heavy atom. The van der Waals surface area contributed by atoms with Crippen molar-refractivity contribution in [2.45, 2.75) is 36.2 Å². The van der Waals surface area contributed by atoms with Gasteiger partial charge in [0.1, 0.15) is 11.9 Å². The average molecular weight is 307 g/mol. The summed E-state index contributed by atoms with van der Waals surface area (Å²) in [7, 11) is -3.06. The first kappa shape index (κ1) is 14.2. The summed E-state index contributed by atoms with van der Waals surface area (Å²) in [6.07, 6.45) is 1.95. The van der Waals surface area contributed by atoms with Crippen molar-refractivity contribution in [2.24, 2.45) is 5.92 Å². The fourth-order valence-electron chi connectivity index (χ4n) is 3.42. The molecule has 2 fully saturated rings. The number of nitriles is 1. The number of carbonyl (C=O) groups is 1. The van der Waals surface area contributed by atoms with Crippen molar-refractivity contribution in [1.29, 1.82) is 5.26 Å². The van der Waals surface area contributed by atoms with Crippen molar-refractivity contribution in [2.75, 3.05) is 0 Å². The first-order valence-electron chi connectivity index (χ1n) is 6.90. The summed E-state index contributed by atoms with van der Waals surface area (Å²) in [6.45, 7) is 0. The maximum absolute atomic E-state index is 13.3. The van der Waals surface area contributed by atoms with E-state index in [1.54, 1.807) is 6.07 Å². The first-order valence-corrected chi connectivity index (χ1v) is 8.51. The summed E-state index contributed by atoms with van der Waals surface area (Å²) in [5.74, 6) is -1.18. The average Bonchev–Trinajstić information content (AvgIpc) is 2.67. The molecule has 2 heterocycles. The van der Waals surface area contributed by atoms with Gasteiger partial charge < -0.3 is 0 Å². The number of Topliss-reactive ketones (excluding diaryl/α,β-unsaturated/α-hetero) is 1. The van der Waals surface area contributed by atoms with E-state index >= 15 is 0 Å². The number of benzene rings is 1. The lowest BCUT2D eigenvalue weighted by molar-refractivity contribution is 0.0905. The number of fused-ring (bicyclic) bond motifs is 2. The second kappa shape index (κ2) is 4.92. The zero-order valence-electron chi connectivity index (χ0n) is 11.3. The van der Waals surface area contributed by atoms with Crippen molar-refractivity contribution >= 4 is 15.6 Å². The molecule has 2 saturated heterocycles. The van der Waals surface area contributed by atoms with E-state index in [0.29, 0.717) is 25.7 Å². The molecule has 0 spiro atoms. The number of sulfone groups is 1. The van der Waals surface area contributed by atoms with E-state index in [2.05, 4.69) is 0 Å². The molecule has 6 heteroatoms. The zero-order chi connectivity index (χ0) is 15.2. The number of nitrogens with zero attached hydrogens (tertiary/aromatic N) is 1. The molecular formula is C15H14FNO3S. The van der Waals surface area contributed by atoms with Crippen LogP contribution in [-0.2, 0) is 9.84 Å². The molecule has 3 rings (SSSR count). The molecule has 0 aromatic heterocycles. The van der Waals surface area contributed by atoms with E-state index in [1.165, 1.54) is 12.1 Å². The molecule has 2 atom stereocenters. The van der Waals surface area contributed by atoms with Gasteiger partial charge in [-0.25, -0.2) is 12.8 Å². The SMILES string of the molecule is N#Cc1cc(C(=O)C2CC3CCC(C2)S3(=O)=O)ccc1F. The van der Waals surface area contributed by atoms with Crippen molar-refractivity contribution in [1.82, 2.24) is 0 Å². The summed E-state index contributed by atoms with van der Waals surface area (Å²) >= 11 is 0. The third kappa shape index (κ3) is 2.26. The molecule has 0 N–H and O–H groups in total. The van der Waals surface area contributed by atoms with Gasteiger partial charge in [-0.15, -0.1) is 0 Å². The predicted octanol–water partition coefficient (Wildman–Crippen LogP) is 2.24. The van der Waals surface area contributed by atoms with E-state index < -0.39 is 26.2 Å². The monoisotopic (exact) mass is 307 g/mol. The molecule has 2 aliphatic heterocycles. The standard InChI is InChI=1S/C15H14FNO3S/c16-14-4-1-9(5-11(14)8-17)15(18)10-6-12-2-3-13(7-10)21(12,19)20/h1,4-5,10,12-13H,2-3,6-7H2.